The largest absolute Gasteiger partial charge is 0.673 e. The van der Waals surface area contributed by atoms with Gasteiger partial charge >= 0.3 is 19.0 Å². The number of pyridine rings is 1. The van der Waals surface area contributed by atoms with Crippen molar-refractivity contribution in [2.75, 3.05) is 36.0 Å². The van der Waals surface area contributed by atoms with Crippen LogP contribution in [0.1, 0.15) is 26.7 Å². The van der Waals surface area contributed by atoms with Crippen molar-refractivity contribution in [3.8, 4) is 0 Å². The Morgan fingerprint density at radius 2 is 1.94 bits per heavy atom. The average molecular weight is 572 g/mol. The van der Waals surface area contributed by atoms with Crippen molar-refractivity contribution in [2.24, 2.45) is 0 Å². The number of diazo groups is 1. The Bertz CT molecular complexity index is 877. The van der Waals surface area contributed by atoms with Crippen LogP contribution in [-0.2, 0) is 9.53 Å². The van der Waals surface area contributed by atoms with E-state index in [1.165, 1.54) is 6.92 Å². The number of piperazine rings is 1. The number of ether oxygens (including phenoxy) is 1. The summed E-state index contributed by atoms with van der Waals surface area (Å²) in [6, 6.07) is 3.56. The summed E-state index contributed by atoms with van der Waals surface area (Å²) in [7, 11) is -6.00. The molecule has 1 unspecified atom stereocenters. The normalized spacial score (nSPS) is 18.2. The molecule has 0 bridgehead atoms. The van der Waals surface area contributed by atoms with E-state index in [9.17, 15) is 32.2 Å². The summed E-state index contributed by atoms with van der Waals surface area (Å²) in [6.07, 6.45) is 1.61. The minimum atomic E-state index is -6.00. The number of hydrogen-bond acceptors (Lipinski definition) is 6. The smallest absolute Gasteiger partial charge is 0.450 e. The van der Waals surface area contributed by atoms with Gasteiger partial charge in [0.25, 0.3) is 0 Å². The SMILES string of the molecule is CCOC(=O)N1CCN(c2nc(N(C(C)=O)C3CC3)ccc2[N+]#N)C(I)C1.F[B-](F)(F)F. The van der Waals surface area contributed by atoms with Gasteiger partial charge in [-0.2, -0.15) is 0 Å². The Hall–Kier alpha value is -2.38. The third kappa shape index (κ3) is 7.35. The second-order valence-electron chi connectivity index (χ2n) is 7.00. The van der Waals surface area contributed by atoms with E-state index in [2.05, 4.69) is 32.6 Å². The Kier molecular flexibility index (Phi) is 8.87. The van der Waals surface area contributed by atoms with Gasteiger partial charge in [-0.1, -0.05) is 22.6 Å². The standard InChI is InChI=1S/C17H22IN6O3.BF4/c1-3-27-17(26)22-8-9-23(14(18)10-22)16-13(21-19)6-7-15(20-16)24(11(2)25)12-4-5-12;2-1(3,4)5/h6-7,12,14H,3-5,8-10H2,1-2H3;/q+1;-1. The fraction of sp³-hybridized carbons (Fsp3) is 0.588. The number of aromatic nitrogens is 1. The molecule has 1 aromatic heterocycles. The van der Waals surface area contributed by atoms with Crippen LogP contribution in [0.2, 0.25) is 0 Å². The van der Waals surface area contributed by atoms with E-state index >= 15 is 0 Å². The van der Waals surface area contributed by atoms with Crippen molar-refractivity contribution in [1.82, 2.24) is 9.88 Å². The van der Waals surface area contributed by atoms with Crippen LogP contribution < -0.4 is 9.80 Å². The number of nitrogens with zero attached hydrogens (tertiary/aromatic N) is 6. The number of carbonyl (C=O) groups excluding carboxylic acids is 2. The number of halogens is 5. The van der Waals surface area contributed by atoms with Gasteiger partial charge < -0.3 is 31.8 Å². The molecule has 1 saturated heterocycles. The molecule has 15 heteroatoms. The molecule has 2 amide bonds. The first-order chi connectivity index (χ1) is 15.0. The number of hydrogen-bond donors (Lipinski definition) is 0. The molecule has 0 radical (unpaired) electrons. The molecule has 1 saturated carbocycles. The van der Waals surface area contributed by atoms with Crippen LogP contribution in [0.5, 0.6) is 0 Å². The van der Waals surface area contributed by atoms with Gasteiger partial charge in [0.15, 0.2) is 4.98 Å². The predicted octanol–water partition coefficient (Wildman–Crippen LogP) is 4.42. The first-order valence-corrected chi connectivity index (χ1v) is 11.1. The second-order valence-corrected chi connectivity index (χ2v) is 8.44. The monoisotopic (exact) mass is 572 g/mol. The fourth-order valence-electron chi connectivity index (χ4n) is 3.15. The highest BCUT2D eigenvalue weighted by atomic mass is 127. The lowest BCUT2D eigenvalue weighted by atomic mass is 10.2. The Morgan fingerprint density at radius 3 is 2.41 bits per heavy atom. The first-order valence-electron chi connectivity index (χ1n) is 9.82. The molecular weight excluding hydrogens is 550 g/mol. The van der Waals surface area contributed by atoms with Gasteiger partial charge in [0, 0.05) is 32.1 Å². The Labute approximate surface area is 195 Å². The average Bonchev–Trinajstić information content (AvgIpc) is 3.51. The zero-order chi connectivity index (χ0) is 24.1. The third-order valence-electron chi connectivity index (χ3n) is 4.56. The maximum atomic E-state index is 12.1. The molecule has 1 aliphatic carbocycles. The van der Waals surface area contributed by atoms with Gasteiger partial charge in [0.05, 0.1) is 13.2 Å². The Morgan fingerprint density at radius 1 is 1.31 bits per heavy atom. The molecule has 1 atom stereocenters. The van der Waals surface area contributed by atoms with Gasteiger partial charge in [-0.05, 0) is 25.8 Å². The summed E-state index contributed by atoms with van der Waals surface area (Å²) in [5.41, 5.74) is 0.337. The van der Waals surface area contributed by atoms with Crippen molar-refractivity contribution in [3.63, 3.8) is 0 Å². The summed E-state index contributed by atoms with van der Waals surface area (Å²) in [5.74, 6) is 1.01. The van der Waals surface area contributed by atoms with Crippen LogP contribution >= 0.6 is 22.6 Å². The molecule has 2 aliphatic rings. The van der Waals surface area contributed by atoms with Gasteiger partial charge in [-0.15, -0.1) is 0 Å². The predicted molar refractivity (Wildman–Crippen MR) is 119 cm³/mol. The molecule has 1 aliphatic heterocycles. The first kappa shape index (κ1) is 25.9. The van der Waals surface area contributed by atoms with Crippen molar-refractivity contribution < 1.29 is 31.6 Å². The summed E-state index contributed by atoms with van der Waals surface area (Å²) in [4.78, 5) is 37.4. The summed E-state index contributed by atoms with van der Waals surface area (Å²) >= 11 is 2.23. The summed E-state index contributed by atoms with van der Waals surface area (Å²) in [6.45, 7) is 5.12. The highest BCUT2D eigenvalue weighted by molar-refractivity contribution is 14.1. The molecule has 32 heavy (non-hydrogen) atoms. The van der Waals surface area contributed by atoms with Crippen LogP contribution in [-0.4, -0.2) is 65.5 Å². The molecule has 9 nitrogen and oxygen atoms in total. The van der Waals surface area contributed by atoms with Crippen molar-refractivity contribution in [3.05, 3.63) is 17.1 Å². The van der Waals surface area contributed by atoms with E-state index in [-0.39, 0.29) is 22.1 Å². The van der Waals surface area contributed by atoms with Gasteiger partial charge in [0.1, 0.15) is 9.87 Å². The summed E-state index contributed by atoms with van der Waals surface area (Å²) < 4.78 is 44.0. The van der Waals surface area contributed by atoms with Crippen LogP contribution in [0.3, 0.4) is 0 Å². The molecule has 0 spiro atoms. The van der Waals surface area contributed by atoms with Gasteiger partial charge in [-0.3, -0.25) is 9.69 Å². The maximum Gasteiger partial charge on any atom is 0.673 e. The number of amides is 2. The van der Waals surface area contributed by atoms with E-state index in [1.807, 2.05) is 4.90 Å². The number of rotatable bonds is 4. The van der Waals surface area contributed by atoms with E-state index in [0.717, 1.165) is 12.8 Å². The topological polar surface area (TPSA) is 94.1 Å². The van der Waals surface area contributed by atoms with E-state index in [4.69, 9.17) is 4.74 Å². The minimum Gasteiger partial charge on any atom is -0.450 e. The van der Waals surface area contributed by atoms with Crippen molar-refractivity contribution >= 4 is 59.2 Å². The van der Waals surface area contributed by atoms with Crippen LogP contribution in [0.25, 0.3) is 4.98 Å². The fourth-order valence-corrected chi connectivity index (χ4v) is 4.17. The molecule has 0 aromatic carbocycles. The third-order valence-corrected chi connectivity index (χ3v) is 5.63. The van der Waals surface area contributed by atoms with E-state index in [1.54, 1.807) is 28.9 Å². The molecule has 3 rings (SSSR count). The van der Waals surface area contributed by atoms with Crippen molar-refractivity contribution in [2.45, 2.75) is 36.8 Å². The quantitative estimate of drug-likeness (QED) is 0.133. The number of alkyl halides is 1. The van der Waals surface area contributed by atoms with Gasteiger partial charge in [-0.25, -0.2) is 9.78 Å². The molecule has 0 N–H and O–H groups in total. The van der Waals surface area contributed by atoms with E-state index < -0.39 is 7.25 Å². The molecule has 2 heterocycles. The van der Waals surface area contributed by atoms with Crippen LogP contribution in [0.4, 0.5) is 39.4 Å². The van der Waals surface area contributed by atoms with Gasteiger partial charge in [0.2, 0.25) is 17.1 Å². The number of anilines is 2. The zero-order valence-corrected chi connectivity index (χ0v) is 19.6. The Balaban J connectivity index is 0.000000654. The second kappa shape index (κ2) is 11.0. The zero-order valence-electron chi connectivity index (χ0n) is 17.4. The van der Waals surface area contributed by atoms with Crippen molar-refractivity contribution in [1.29, 1.82) is 5.39 Å². The van der Waals surface area contributed by atoms with E-state index in [0.29, 0.717) is 43.6 Å². The summed E-state index contributed by atoms with van der Waals surface area (Å²) in [5, 5.41) is 9.40. The van der Waals surface area contributed by atoms with Crippen LogP contribution in [0, 0.1) is 5.39 Å². The minimum absolute atomic E-state index is 0.0530. The maximum absolute atomic E-state index is 12.1. The number of carbonyl (C=O) groups is 2. The lowest BCUT2D eigenvalue weighted by molar-refractivity contribution is -0.116. The molecule has 2 fully saturated rings. The highest BCUT2D eigenvalue weighted by Gasteiger charge is 2.37. The molecule has 176 valence electrons. The highest BCUT2D eigenvalue weighted by Crippen LogP contribution is 2.36. The van der Waals surface area contributed by atoms with Crippen LogP contribution in [0.15, 0.2) is 12.1 Å². The lowest BCUT2D eigenvalue weighted by Crippen LogP contribution is -2.53. The molecule has 1 aromatic rings. The molecular formula is C17H22BF4IN6O3. The lowest BCUT2D eigenvalue weighted by Gasteiger charge is -2.38.